The molecular weight excluding hydrogens is 291 g/mol. The number of hydrogen-bond acceptors (Lipinski definition) is 5. The van der Waals surface area contributed by atoms with Gasteiger partial charge in [-0.25, -0.2) is 4.79 Å². The molecule has 0 aromatic rings. The number of amides is 1. The summed E-state index contributed by atoms with van der Waals surface area (Å²) in [6.45, 7) is 2.86. The SMILES string of the molecule is CCOC(=O)[C@@](NC(C)=O)(N1CCN(C)CC1)C(F)(F)F. The van der Waals surface area contributed by atoms with Gasteiger partial charge in [-0.1, -0.05) is 0 Å². The molecule has 0 radical (unpaired) electrons. The first-order valence-corrected chi connectivity index (χ1v) is 6.61. The van der Waals surface area contributed by atoms with Crippen molar-refractivity contribution in [3.63, 3.8) is 0 Å². The first-order valence-electron chi connectivity index (χ1n) is 6.61. The second kappa shape index (κ2) is 6.61. The number of hydrogen-bond donors (Lipinski definition) is 1. The zero-order valence-corrected chi connectivity index (χ0v) is 12.3. The van der Waals surface area contributed by atoms with Gasteiger partial charge < -0.3 is 15.0 Å². The van der Waals surface area contributed by atoms with Crippen LogP contribution < -0.4 is 5.32 Å². The Balaban J connectivity index is 3.22. The highest BCUT2D eigenvalue weighted by Crippen LogP contribution is 2.35. The first-order chi connectivity index (χ1) is 9.65. The fraction of sp³-hybridized carbons (Fsp3) is 0.833. The molecule has 1 aliphatic rings. The molecule has 0 bridgehead atoms. The van der Waals surface area contributed by atoms with Gasteiger partial charge in [0.15, 0.2) is 0 Å². The van der Waals surface area contributed by atoms with E-state index in [2.05, 4.69) is 4.74 Å². The molecule has 0 aromatic carbocycles. The Morgan fingerprint density at radius 3 is 2.10 bits per heavy atom. The standard InChI is InChI=1S/C12H20F3N3O3/c1-4-21-10(20)11(12(13,14)15,16-9(2)19)18-7-5-17(3)6-8-18/h4-8H2,1-3H3,(H,16,19)/t11-/m1/s1. The monoisotopic (exact) mass is 311 g/mol. The molecule has 6 nitrogen and oxygen atoms in total. The van der Waals surface area contributed by atoms with Crippen molar-refractivity contribution >= 4 is 11.9 Å². The highest BCUT2D eigenvalue weighted by molar-refractivity contribution is 5.87. The molecule has 1 atom stereocenters. The van der Waals surface area contributed by atoms with Gasteiger partial charge in [0.1, 0.15) is 0 Å². The molecule has 1 N–H and O–H groups in total. The first kappa shape index (κ1) is 17.7. The molecule has 1 saturated heterocycles. The number of alkyl halides is 3. The fourth-order valence-corrected chi connectivity index (χ4v) is 2.26. The lowest BCUT2D eigenvalue weighted by Crippen LogP contribution is -2.75. The van der Waals surface area contributed by atoms with Crippen molar-refractivity contribution in [1.29, 1.82) is 0 Å². The quantitative estimate of drug-likeness (QED) is 0.751. The molecule has 122 valence electrons. The zero-order chi connectivity index (χ0) is 16.3. The van der Waals surface area contributed by atoms with E-state index in [1.165, 1.54) is 6.92 Å². The Kier molecular flexibility index (Phi) is 5.57. The number of nitrogens with one attached hydrogen (secondary N) is 1. The molecular formula is C12H20F3N3O3. The van der Waals surface area contributed by atoms with Crippen LogP contribution in [-0.2, 0) is 14.3 Å². The van der Waals surface area contributed by atoms with Gasteiger partial charge >= 0.3 is 12.1 Å². The summed E-state index contributed by atoms with van der Waals surface area (Å²) >= 11 is 0. The van der Waals surface area contributed by atoms with E-state index in [-0.39, 0.29) is 19.7 Å². The van der Waals surface area contributed by atoms with Crippen LogP contribution in [0.25, 0.3) is 0 Å². The van der Waals surface area contributed by atoms with Gasteiger partial charge in [0, 0.05) is 33.1 Å². The highest BCUT2D eigenvalue weighted by atomic mass is 19.4. The maximum Gasteiger partial charge on any atom is 0.436 e. The van der Waals surface area contributed by atoms with Crippen molar-refractivity contribution in [2.24, 2.45) is 0 Å². The Bertz CT molecular complexity index is 395. The average Bonchev–Trinajstić information content (AvgIpc) is 2.35. The third-order valence-electron chi connectivity index (χ3n) is 3.32. The molecule has 1 rings (SSSR count). The van der Waals surface area contributed by atoms with Gasteiger partial charge in [0.05, 0.1) is 6.61 Å². The third-order valence-corrected chi connectivity index (χ3v) is 3.32. The number of halogens is 3. The fourth-order valence-electron chi connectivity index (χ4n) is 2.26. The second-order valence-electron chi connectivity index (χ2n) is 4.90. The van der Waals surface area contributed by atoms with Gasteiger partial charge in [-0.2, -0.15) is 13.2 Å². The number of piperazine rings is 1. The summed E-state index contributed by atoms with van der Waals surface area (Å²) in [6, 6.07) is 0. The number of rotatable bonds is 4. The number of carbonyl (C=O) groups is 2. The van der Waals surface area contributed by atoms with E-state index in [1.54, 1.807) is 12.4 Å². The summed E-state index contributed by atoms with van der Waals surface area (Å²) in [4.78, 5) is 26.0. The van der Waals surface area contributed by atoms with Crippen molar-refractivity contribution < 1.29 is 27.5 Å². The van der Waals surface area contributed by atoms with Crippen LogP contribution in [0.5, 0.6) is 0 Å². The number of esters is 1. The molecule has 0 aromatic heterocycles. The molecule has 0 aliphatic carbocycles. The van der Waals surface area contributed by atoms with Crippen LogP contribution >= 0.6 is 0 Å². The minimum Gasteiger partial charge on any atom is -0.463 e. The summed E-state index contributed by atoms with van der Waals surface area (Å²) in [6.07, 6.45) is -4.99. The lowest BCUT2D eigenvalue weighted by atomic mass is 10.1. The number of likely N-dealkylation sites (N-methyl/N-ethyl adjacent to an activating group) is 1. The molecule has 1 fully saturated rings. The summed E-state index contributed by atoms with van der Waals surface area (Å²) < 4.78 is 45.4. The van der Waals surface area contributed by atoms with E-state index in [4.69, 9.17) is 0 Å². The van der Waals surface area contributed by atoms with E-state index in [0.717, 1.165) is 11.8 Å². The highest BCUT2D eigenvalue weighted by Gasteiger charge is 2.66. The number of ether oxygens (including phenoxy) is 1. The van der Waals surface area contributed by atoms with Gasteiger partial charge in [0.25, 0.3) is 5.66 Å². The molecule has 0 spiro atoms. The minimum atomic E-state index is -4.99. The van der Waals surface area contributed by atoms with Crippen LogP contribution in [0.4, 0.5) is 13.2 Å². The molecule has 0 saturated carbocycles. The van der Waals surface area contributed by atoms with E-state index < -0.39 is 23.7 Å². The van der Waals surface area contributed by atoms with Gasteiger partial charge in [-0.15, -0.1) is 0 Å². The summed E-state index contributed by atoms with van der Waals surface area (Å²) in [5.74, 6) is -2.45. The van der Waals surface area contributed by atoms with Crippen LogP contribution in [0.15, 0.2) is 0 Å². The maximum atomic E-state index is 13.6. The van der Waals surface area contributed by atoms with Crippen molar-refractivity contribution in [2.75, 3.05) is 39.8 Å². The Labute approximate surface area is 121 Å². The molecule has 1 aliphatic heterocycles. The third kappa shape index (κ3) is 3.65. The minimum absolute atomic E-state index is 0.00486. The molecule has 1 amide bonds. The number of nitrogens with zero attached hydrogens (tertiary/aromatic N) is 2. The van der Waals surface area contributed by atoms with Crippen LogP contribution in [0.2, 0.25) is 0 Å². The van der Waals surface area contributed by atoms with Crippen molar-refractivity contribution in [3.05, 3.63) is 0 Å². The van der Waals surface area contributed by atoms with Gasteiger partial charge in [-0.05, 0) is 14.0 Å². The van der Waals surface area contributed by atoms with Crippen molar-refractivity contribution in [1.82, 2.24) is 15.1 Å². The summed E-state index contributed by atoms with van der Waals surface area (Å²) in [5.41, 5.74) is -3.13. The Hall–Kier alpha value is -1.35. The number of carbonyl (C=O) groups excluding carboxylic acids is 2. The molecule has 21 heavy (non-hydrogen) atoms. The van der Waals surface area contributed by atoms with E-state index in [0.29, 0.717) is 13.1 Å². The van der Waals surface area contributed by atoms with E-state index in [9.17, 15) is 22.8 Å². The van der Waals surface area contributed by atoms with Crippen molar-refractivity contribution in [3.8, 4) is 0 Å². The van der Waals surface area contributed by atoms with Crippen LogP contribution in [0.1, 0.15) is 13.8 Å². The van der Waals surface area contributed by atoms with Crippen LogP contribution in [0, 0.1) is 0 Å². The second-order valence-corrected chi connectivity index (χ2v) is 4.90. The smallest absolute Gasteiger partial charge is 0.436 e. The zero-order valence-electron chi connectivity index (χ0n) is 12.3. The summed E-state index contributed by atoms with van der Waals surface area (Å²) in [7, 11) is 1.77. The van der Waals surface area contributed by atoms with Crippen LogP contribution in [0.3, 0.4) is 0 Å². The normalized spacial score (nSPS) is 20.7. The lowest BCUT2D eigenvalue weighted by molar-refractivity contribution is -0.252. The van der Waals surface area contributed by atoms with Crippen LogP contribution in [-0.4, -0.2) is 73.3 Å². The van der Waals surface area contributed by atoms with Gasteiger partial charge in [0.2, 0.25) is 5.91 Å². The lowest BCUT2D eigenvalue weighted by Gasteiger charge is -2.45. The predicted octanol–water partition coefficient (Wildman–Crippen LogP) is 0.192. The van der Waals surface area contributed by atoms with E-state index >= 15 is 0 Å². The summed E-state index contributed by atoms with van der Waals surface area (Å²) in [5, 5.41) is 1.77. The Morgan fingerprint density at radius 1 is 1.19 bits per heavy atom. The molecule has 9 heteroatoms. The predicted molar refractivity (Wildman–Crippen MR) is 68.3 cm³/mol. The molecule has 1 heterocycles. The van der Waals surface area contributed by atoms with Crippen molar-refractivity contribution in [2.45, 2.75) is 25.7 Å². The maximum absolute atomic E-state index is 13.6. The van der Waals surface area contributed by atoms with E-state index in [1.807, 2.05) is 4.90 Å². The Morgan fingerprint density at radius 2 is 1.71 bits per heavy atom. The topological polar surface area (TPSA) is 61.9 Å². The molecule has 0 unspecified atom stereocenters. The van der Waals surface area contributed by atoms with Gasteiger partial charge in [-0.3, -0.25) is 9.69 Å². The average molecular weight is 311 g/mol. The largest absolute Gasteiger partial charge is 0.463 e.